The molecular formula is C21H16BrN3O7S. The molecule has 0 aliphatic carbocycles. The summed E-state index contributed by atoms with van der Waals surface area (Å²) >= 11 is 3.29. The summed E-state index contributed by atoms with van der Waals surface area (Å²) in [4.78, 5) is 22.2. The molecule has 1 N–H and O–H groups in total. The van der Waals surface area contributed by atoms with Gasteiger partial charge in [0.1, 0.15) is 16.4 Å². The van der Waals surface area contributed by atoms with Crippen LogP contribution in [-0.4, -0.2) is 32.6 Å². The van der Waals surface area contributed by atoms with Crippen molar-refractivity contribution < 1.29 is 27.1 Å². The number of hydrogen-bond acceptors (Lipinski definition) is 8. The summed E-state index contributed by atoms with van der Waals surface area (Å²) in [5.41, 5.74) is 2.86. The zero-order chi connectivity index (χ0) is 24.0. The molecule has 0 saturated carbocycles. The van der Waals surface area contributed by atoms with Crippen LogP contribution in [0.1, 0.15) is 15.9 Å². The van der Waals surface area contributed by atoms with Crippen molar-refractivity contribution in [1.29, 1.82) is 0 Å². The number of nitro groups is 1. The summed E-state index contributed by atoms with van der Waals surface area (Å²) < 4.78 is 35.8. The van der Waals surface area contributed by atoms with Gasteiger partial charge in [0, 0.05) is 16.6 Å². The average Bonchev–Trinajstić information content (AvgIpc) is 2.79. The minimum Gasteiger partial charge on any atom is -0.496 e. The monoisotopic (exact) mass is 533 g/mol. The highest BCUT2D eigenvalue weighted by Gasteiger charge is 2.18. The average molecular weight is 534 g/mol. The molecule has 170 valence electrons. The summed E-state index contributed by atoms with van der Waals surface area (Å²) in [7, 11) is -2.77. The Kier molecular flexibility index (Phi) is 7.41. The number of halogens is 1. The number of amides is 1. The van der Waals surface area contributed by atoms with Gasteiger partial charge in [-0.25, -0.2) is 5.43 Å². The Balaban J connectivity index is 1.70. The third-order valence-electron chi connectivity index (χ3n) is 4.19. The van der Waals surface area contributed by atoms with Crippen molar-refractivity contribution in [2.75, 3.05) is 7.11 Å². The topological polar surface area (TPSA) is 137 Å². The van der Waals surface area contributed by atoms with E-state index >= 15 is 0 Å². The van der Waals surface area contributed by atoms with Gasteiger partial charge in [-0.15, -0.1) is 0 Å². The number of hydrazone groups is 1. The van der Waals surface area contributed by atoms with Gasteiger partial charge in [-0.1, -0.05) is 28.1 Å². The predicted molar refractivity (Wildman–Crippen MR) is 123 cm³/mol. The molecule has 0 aromatic heterocycles. The second kappa shape index (κ2) is 10.2. The second-order valence-corrected chi connectivity index (χ2v) is 8.87. The quantitative estimate of drug-likeness (QED) is 0.200. The lowest BCUT2D eigenvalue weighted by Gasteiger charge is -2.08. The molecule has 0 fully saturated rings. The zero-order valence-electron chi connectivity index (χ0n) is 17.0. The lowest BCUT2D eigenvalue weighted by Crippen LogP contribution is -2.18. The molecule has 3 aromatic rings. The summed E-state index contributed by atoms with van der Waals surface area (Å²) in [6.07, 6.45) is 1.31. The van der Waals surface area contributed by atoms with Crippen molar-refractivity contribution in [3.63, 3.8) is 0 Å². The first kappa shape index (κ1) is 23.9. The Labute approximate surface area is 197 Å². The standard InChI is InChI=1S/C21H16BrN3O7S/c1-31-20-10-5-15(22)12-19(20)21(26)24-23-13-14-3-2-4-17(11-14)32-33(29,30)18-8-6-16(7-9-18)25(27)28/h2-13H,1H3,(H,24,26)/b23-13-. The third-order valence-corrected chi connectivity index (χ3v) is 5.94. The number of benzene rings is 3. The number of nitrogens with one attached hydrogen (secondary N) is 1. The van der Waals surface area contributed by atoms with E-state index < -0.39 is 20.9 Å². The Morgan fingerprint density at radius 1 is 1.12 bits per heavy atom. The number of ether oxygens (including phenoxy) is 1. The molecule has 0 aliphatic heterocycles. The maximum Gasteiger partial charge on any atom is 0.339 e. The Bertz CT molecular complexity index is 1330. The molecule has 10 nitrogen and oxygen atoms in total. The molecule has 3 rings (SSSR count). The molecular weight excluding hydrogens is 518 g/mol. The number of hydrogen-bond donors (Lipinski definition) is 1. The van der Waals surface area contributed by atoms with E-state index in [1.807, 2.05) is 0 Å². The van der Waals surface area contributed by atoms with Gasteiger partial charge in [-0.05, 0) is 48.0 Å². The first-order valence-corrected chi connectivity index (χ1v) is 11.4. The molecule has 0 aliphatic rings. The maximum absolute atomic E-state index is 12.4. The van der Waals surface area contributed by atoms with Gasteiger partial charge < -0.3 is 8.92 Å². The molecule has 12 heteroatoms. The number of methoxy groups -OCH3 is 1. The fraction of sp³-hybridized carbons (Fsp3) is 0.0476. The third kappa shape index (κ3) is 6.14. The molecule has 1 amide bonds. The summed E-state index contributed by atoms with van der Waals surface area (Å²) in [6, 6.07) is 15.3. The Morgan fingerprint density at radius 2 is 1.85 bits per heavy atom. The van der Waals surface area contributed by atoms with Gasteiger partial charge >= 0.3 is 10.1 Å². The van der Waals surface area contributed by atoms with Crippen LogP contribution in [0.3, 0.4) is 0 Å². The molecule has 0 radical (unpaired) electrons. The number of nitrogens with zero attached hydrogens (tertiary/aromatic N) is 2. The summed E-state index contributed by atoms with van der Waals surface area (Å²) in [5, 5.41) is 14.6. The lowest BCUT2D eigenvalue weighted by molar-refractivity contribution is -0.384. The minimum absolute atomic E-state index is 0.00251. The smallest absolute Gasteiger partial charge is 0.339 e. The highest BCUT2D eigenvalue weighted by atomic mass is 79.9. The van der Waals surface area contributed by atoms with Crippen molar-refractivity contribution in [1.82, 2.24) is 5.43 Å². The first-order chi connectivity index (χ1) is 15.7. The lowest BCUT2D eigenvalue weighted by atomic mass is 10.2. The maximum atomic E-state index is 12.4. The van der Waals surface area contributed by atoms with Crippen LogP contribution in [0.2, 0.25) is 0 Å². The van der Waals surface area contributed by atoms with Gasteiger partial charge in [0.2, 0.25) is 0 Å². The minimum atomic E-state index is -4.21. The Hall–Kier alpha value is -3.77. The van der Waals surface area contributed by atoms with Crippen LogP contribution < -0.4 is 14.3 Å². The highest BCUT2D eigenvalue weighted by Crippen LogP contribution is 2.23. The van der Waals surface area contributed by atoms with Crippen molar-refractivity contribution in [2.45, 2.75) is 4.90 Å². The molecule has 0 unspecified atom stereocenters. The van der Waals surface area contributed by atoms with Crippen LogP contribution in [0.4, 0.5) is 5.69 Å². The van der Waals surface area contributed by atoms with E-state index in [4.69, 9.17) is 8.92 Å². The fourth-order valence-corrected chi connectivity index (χ4v) is 3.92. The van der Waals surface area contributed by atoms with E-state index in [1.165, 1.54) is 25.5 Å². The van der Waals surface area contributed by atoms with Crippen molar-refractivity contribution >= 4 is 43.9 Å². The highest BCUT2D eigenvalue weighted by molar-refractivity contribution is 9.10. The molecule has 0 atom stereocenters. The van der Waals surface area contributed by atoms with E-state index in [2.05, 4.69) is 26.5 Å². The molecule has 3 aromatic carbocycles. The Morgan fingerprint density at radius 3 is 2.52 bits per heavy atom. The molecule has 0 heterocycles. The largest absolute Gasteiger partial charge is 0.496 e. The van der Waals surface area contributed by atoms with E-state index in [9.17, 15) is 23.3 Å². The van der Waals surface area contributed by atoms with E-state index in [1.54, 1.807) is 30.3 Å². The SMILES string of the molecule is COc1ccc(Br)cc1C(=O)N/N=C\c1cccc(OS(=O)(=O)c2ccc([N+](=O)[O-])cc2)c1. The van der Waals surface area contributed by atoms with Crippen LogP contribution in [0, 0.1) is 10.1 Å². The van der Waals surface area contributed by atoms with Gasteiger partial charge in [-0.3, -0.25) is 14.9 Å². The van der Waals surface area contributed by atoms with Crippen LogP contribution in [0.15, 0.2) is 81.2 Å². The molecule has 0 bridgehead atoms. The van der Waals surface area contributed by atoms with Gasteiger partial charge in [-0.2, -0.15) is 13.5 Å². The number of non-ortho nitro benzene ring substituents is 1. The molecule has 0 spiro atoms. The molecule has 33 heavy (non-hydrogen) atoms. The van der Waals surface area contributed by atoms with Crippen molar-refractivity contribution in [3.05, 3.63) is 92.4 Å². The van der Waals surface area contributed by atoms with Gasteiger partial charge in [0.05, 0.1) is 23.8 Å². The van der Waals surface area contributed by atoms with Crippen molar-refractivity contribution in [3.8, 4) is 11.5 Å². The predicted octanol–water partition coefficient (Wildman–Crippen LogP) is 3.90. The van der Waals surface area contributed by atoms with E-state index in [-0.39, 0.29) is 21.9 Å². The normalized spacial score (nSPS) is 11.2. The van der Waals surface area contributed by atoms with E-state index in [0.717, 1.165) is 24.3 Å². The summed E-state index contributed by atoms with van der Waals surface area (Å²) in [6.45, 7) is 0. The van der Waals surface area contributed by atoms with Gasteiger partial charge in [0.15, 0.2) is 0 Å². The summed E-state index contributed by atoms with van der Waals surface area (Å²) in [5.74, 6) is -0.132. The number of nitro benzene ring substituents is 1. The van der Waals surface area contributed by atoms with Crippen LogP contribution >= 0.6 is 15.9 Å². The van der Waals surface area contributed by atoms with Crippen LogP contribution in [-0.2, 0) is 10.1 Å². The zero-order valence-corrected chi connectivity index (χ0v) is 19.4. The number of carbonyl (C=O) groups is 1. The number of carbonyl (C=O) groups excluding carboxylic acids is 1. The number of rotatable bonds is 8. The van der Waals surface area contributed by atoms with Crippen LogP contribution in [0.5, 0.6) is 11.5 Å². The second-order valence-electron chi connectivity index (χ2n) is 6.40. The van der Waals surface area contributed by atoms with Gasteiger partial charge in [0.25, 0.3) is 11.6 Å². The van der Waals surface area contributed by atoms with Crippen molar-refractivity contribution in [2.24, 2.45) is 5.10 Å². The van der Waals surface area contributed by atoms with E-state index in [0.29, 0.717) is 15.8 Å². The first-order valence-electron chi connectivity index (χ1n) is 9.15. The fourth-order valence-electron chi connectivity index (χ4n) is 2.64. The van der Waals surface area contributed by atoms with Crippen LogP contribution in [0.25, 0.3) is 0 Å². The molecule has 0 saturated heterocycles.